The number of hydrogen-bond acceptors (Lipinski definition) is 15. The first-order chi connectivity index (χ1) is 20.9. The Hall–Kier alpha value is -3.25. The standard InChI is InChI=1S/C29H38O15/c1-12-22(35)24(37)26(39)28(41-12)44-27-25(38)23(36)20(7-8-30)43-29(27)42-14-10-17(33)21(18(34)11-14)15(31)5-3-13-4-6-19(40-2)16(32)9-13/h4,6,9-12,20,22-30,32-39H,3,5,7-8H2,1-2H3/t12-,20+,22-,23+,24+,25-,26+,27+,28?,29+/m0/s1. The van der Waals surface area contributed by atoms with Gasteiger partial charge >= 0.3 is 0 Å². The number of phenols is 3. The van der Waals surface area contributed by atoms with E-state index in [0.717, 1.165) is 12.1 Å². The quantitative estimate of drug-likeness (QED) is 0.136. The third-order valence-electron chi connectivity index (χ3n) is 7.64. The SMILES string of the molecule is COc1ccc(CCC(=O)c2c(O)cc(O[C@@H]3O[C@H](CCO)[C@@H](O)[C@H](O)[C@H]3OC3O[C@@H](C)[C@H](O)[C@@H](O)[C@H]3O)cc2O)cc1O. The van der Waals surface area contributed by atoms with Crippen LogP contribution >= 0.6 is 0 Å². The van der Waals surface area contributed by atoms with E-state index in [9.17, 15) is 50.8 Å². The number of hydrogen-bond donors (Lipinski definition) is 9. The van der Waals surface area contributed by atoms with Gasteiger partial charge in [-0.05, 0) is 37.5 Å². The summed E-state index contributed by atoms with van der Waals surface area (Å²) in [6.45, 7) is 0.993. The molecule has 0 amide bonds. The van der Waals surface area contributed by atoms with Crippen molar-refractivity contribution in [1.29, 1.82) is 0 Å². The van der Waals surface area contributed by atoms with Crippen molar-refractivity contribution in [1.82, 2.24) is 0 Å². The van der Waals surface area contributed by atoms with Crippen LogP contribution in [0.25, 0.3) is 0 Å². The van der Waals surface area contributed by atoms with E-state index in [1.165, 1.54) is 26.2 Å². The molecule has 44 heavy (non-hydrogen) atoms. The molecule has 15 heteroatoms. The average Bonchev–Trinajstić information content (AvgIpc) is 2.97. The van der Waals surface area contributed by atoms with Gasteiger partial charge in [-0.1, -0.05) is 6.07 Å². The van der Waals surface area contributed by atoms with Gasteiger partial charge in [0, 0.05) is 25.2 Å². The summed E-state index contributed by atoms with van der Waals surface area (Å²) in [6.07, 6.45) is -15.2. The predicted octanol–water partition coefficient (Wildman–Crippen LogP) is -0.952. The molecule has 1 unspecified atom stereocenters. The van der Waals surface area contributed by atoms with E-state index >= 15 is 0 Å². The minimum atomic E-state index is -1.76. The summed E-state index contributed by atoms with van der Waals surface area (Å²) in [5, 5.41) is 92.6. The molecule has 0 saturated carbocycles. The summed E-state index contributed by atoms with van der Waals surface area (Å²) in [6, 6.07) is 6.65. The maximum absolute atomic E-state index is 12.9. The molecule has 4 rings (SSSR count). The number of methoxy groups -OCH3 is 1. The molecule has 2 aliphatic heterocycles. The number of phenolic OH excluding ortho intramolecular Hbond substituents is 3. The molecule has 0 aliphatic carbocycles. The highest BCUT2D eigenvalue weighted by molar-refractivity contribution is 6.01. The fraction of sp³-hybridized carbons (Fsp3) is 0.552. The Bertz CT molecular complexity index is 1260. The molecule has 2 aliphatic rings. The van der Waals surface area contributed by atoms with Gasteiger partial charge < -0.3 is 69.6 Å². The van der Waals surface area contributed by atoms with Crippen LogP contribution in [0.3, 0.4) is 0 Å². The Morgan fingerprint density at radius 1 is 0.841 bits per heavy atom. The van der Waals surface area contributed by atoms with Crippen LogP contribution in [0.4, 0.5) is 0 Å². The highest BCUT2D eigenvalue weighted by Crippen LogP contribution is 2.37. The van der Waals surface area contributed by atoms with Gasteiger partial charge in [0.05, 0.1) is 19.3 Å². The zero-order valence-corrected chi connectivity index (χ0v) is 24.0. The smallest absolute Gasteiger partial charge is 0.229 e. The zero-order chi connectivity index (χ0) is 32.3. The van der Waals surface area contributed by atoms with E-state index in [0.29, 0.717) is 5.56 Å². The summed E-state index contributed by atoms with van der Waals surface area (Å²) >= 11 is 0. The van der Waals surface area contributed by atoms with Crippen molar-refractivity contribution >= 4 is 5.78 Å². The van der Waals surface area contributed by atoms with Crippen LogP contribution in [-0.2, 0) is 20.6 Å². The van der Waals surface area contributed by atoms with Crippen molar-refractivity contribution in [3.05, 3.63) is 41.5 Å². The van der Waals surface area contributed by atoms with Crippen LogP contribution < -0.4 is 9.47 Å². The number of aryl methyl sites for hydroxylation is 1. The molecule has 0 bridgehead atoms. The highest BCUT2D eigenvalue weighted by atomic mass is 16.8. The van der Waals surface area contributed by atoms with Gasteiger partial charge in [0.1, 0.15) is 53.3 Å². The van der Waals surface area contributed by atoms with Crippen LogP contribution in [0.2, 0.25) is 0 Å². The molecule has 2 aromatic rings. The molecular weight excluding hydrogens is 588 g/mol. The molecule has 9 N–H and O–H groups in total. The summed E-state index contributed by atoms with van der Waals surface area (Å²) < 4.78 is 27.6. The van der Waals surface area contributed by atoms with Crippen molar-refractivity contribution < 1.29 is 74.4 Å². The van der Waals surface area contributed by atoms with E-state index < -0.39 is 85.3 Å². The number of carbonyl (C=O) groups is 1. The first-order valence-electron chi connectivity index (χ1n) is 14.0. The lowest BCUT2D eigenvalue weighted by molar-refractivity contribution is -0.353. The summed E-state index contributed by atoms with van der Waals surface area (Å²) in [4.78, 5) is 12.9. The summed E-state index contributed by atoms with van der Waals surface area (Å²) in [5.41, 5.74) is 0.221. The number of aromatic hydroxyl groups is 3. The first-order valence-corrected chi connectivity index (χ1v) is 14.0. The lowest BCUT2D eigenvalue weighted by Gasteiger charge is -2.45. The Kier molecular flexibility index (Phi) is 10.9. The minimum absolute atomic E-state index is 0.108. The van der Waals surface area contributed by atoms with Gasteiger partial charge in [0.25, 0.3) is 0 Å². The van der Waals surface area contributed by atoms with Crippen molar-refractivity contribution in [3.8, 4) is 28.7 Å². The number of benzene rings is 2. The number of carbonyl (C=O) groups excluding carboxylic acids is 1. The molecule has 0 aromatic heterocycles. The molecule has 10 atom stereocenters. The molecule has 15 nitrogen and oxygen atoms in total. The Balaban J connectivity index is 1.52. The molecule has 0 radical (unpaired) electrons. The molecular formula is C29H38O15. The molecule has 244 valence electrons. The van der Waals surface area contributed by atoms with Gasteiger partial charge in [0.2, 0.25) is 6.29 Å². The number of rotatable bonds is 11. The average molecular weight is 627 g/mol. The van der Waals surface area contributed by atoms with E-state index in [-0.39, 0.29) is 42.1 Å². The van der Waals surface area contributed by atoms with Crippen LogP contribution in [0.15, 0.2) is 30.3 Å². The first kappa shape index (κ1) is 33.6. The lowest BCUT2D eigenvalue weighted by atomic mass is 9.96. The third-order valence-corrected chi connectivity index (χ3v) is 7.64. The summed E-state index contributed by atoms with van der Waals surface area (Å²) in [7, 11) is 1.40. The lowest BCUT2D eigenvalue weighted by Crippen LogP contribution is -2.64. The topological polar surface area (TPSA) is 245 Å². The van der Waals surface area contributed by atoms with E-state index in [1.54, 1.807) is 6.07 Å². The van der Waals surface area contributed by atoms with Crippen LogP contribution in [0.5, 0.6) is 28.7 Å². The van der Waals surface area contributed by atoms with Crippen LogP contribution in [-0.4, -0.2) is 127 Å². The van der Waals surface area contributed by atoms with Gasteiger partial charge in [-0.2, -0.15) is 0 Å². The third kappa shape index (κ3) is 7.17. The normalized spacial score (nSPS) is 32.3. The molecule has 2 fully saturated rings. The summed E-state index contributed by atoms with van der Waals surface area (Å²) in [5.74, 6) is -1.98. The monoisotopic (exact) mass is 626 g/mol. The fourth-order valence-corrected chi connectivity index (χ4v) is 5.14. The zero-order valence-electron chi connectivity index (χ0n) is 24.0. The van der Waals surface area contributed by atoms with E-state index in [2.05, 4.69) is 0 Å². The van der Waals surface area contributed by atoms with Crippen molar-refractivity contribution in [3.63, 3.8) is 0 Å². The van der Waals surface area contributed by atoms with Gasteiger partial charge in [0.15, 0.2) is 29.7 Å². The minimum Gasteiger partial charge on any atom is -0.507 e. The number of Topliss-reactive ketones (excluding diaryl/α,β-unsaturated/α-hetero) is 1. The van der Waals surface area contributed by atoms with Crippen molar-refractivity contribution in [2.75, 3.05) is 13.7 Å². The molecule has 2 saturated heterocycles. The second-order valence-electron chi connectivity index (χ2n) is 10.7. The maximum atomic E-state index is 12.9. The molecule has 2 aromatic carbocycles. The van der Waals surface area contributed by atoms with Crippen molar-refractivity contribution in [2.45, 2.75) is 87.6 Å². The van der Waals surface area contributed by atoms with Crippen LogP contribution in [0.1, 0.15) is 35.7 Å². The largest absolute Gasteiger partial charge is 0.507 e. The Morgan fingerprint density at radius 3 is 2.14 bits per heavy atom. The molecule has 0 spiro atoms. The van der Waals surface area contributed by atoms with Gasteiger partial charge in [-0.15, -0.1) is 0 Å². The highest BCUT2D eigenvalue weighted by Gasteiger charge is 2.50. The van der Waals surface area contributed by atoms with Gasteiger partial charge in [-0.25, -0.2) is 0 Å². The second-order valence-corrected chi connectivity index (χ2v) is 10.7. The number of aliphatic hydroxyl groups is 6. The number of ether oxygens (including phenoxy) is 5. The number of aliphatic hydroxyl groups excluding tert-OH is 6. The Morgan fingerprint density at radius 2 is 1.52 bits per heavy atom. The second kappa shape index (κ2) is 14.2. The maximum Gasteiger partial charge on any atom is 0.229 e. The van der Waals surface area contributed by atoms with E-state index in [1.807, 2.05) is 0 Å². The number of ketones is 1. The van der Waals surface area contributed by atoms with Crippen molar-refractivity contribution in [2.24, 2.45) is 0 Å². The van der Waals surface area contributed by atoms with Crippen LogP contribution in [0, 0.1) is 0 Å². The Labute approximate surface area is 252 Å². The molecule has 2 heterocycles. The predicted molar refractivity (Wildman–Crippen MR) is 147 cm³/mol. The van der Waals surface area contributed by atoms with Gasteiger partial charge in [-0.3, -0.25) is 4.79 Å². The fourth-order valence-electron chi connectivity index (χ4n) is 5.14. The van der Waals surface area contributed by atoms with E-state index in [4.69, 9.17) is 23.7 Å².